The van der Waals surface area contributed by atoms with E-state index in [1.54, 1.807) is 0 Å². The number of aliphatic hydroxyl groups is 1. The van der Waals surface area contributed by atoms with Crippen molar-refractivity contribution in [1.82, 2.24) is 4.90 Å². The first-order valence-corrected chi connectivity index (χ1v) is 8.38. The van der Waals surface area contributed by atoms with Gasteiger partial charge in [0.2, 0.25) is 0 Å². The molecule has 4 nitrogen and oxygen atoms in total. The summed E-state index contributed by atoms with van der Waals surface area (Å²) in [5, 5.41) is 18.8. The number of rotatable bonds is 8. The predicted octanol–water partition coefficient (Wildman–Crippen LogP) is 2.59. The Labute approximate surface area is 134 Å². The van der Waals surface area contributed by atoms with Crippen LogP contribution in [0, 0.1) is 28.6 Å². The molecule has 0 aromatic heterocycles. The largest absolute Gasteiger partial charge is 0.389 e. The van der Waals surface area contributed by atoms with Crippen LogP contribution in [0.15, 0.2) is 11.6 Å². The van der Waals surface area contributed by atoms with E-state index in [1.807, 2.05) is 18.9 Å². The molecule has 0 saturated heterocycles. The zero-order valence-electron chi connectivity index (χ0n) is 14.4. The van der Waals surface area contributed by atoms with Crippen LogP contribution in [0.1, 0.15) is 40.0 Å². The van der Waals surface area contributed by atoms with Gasteiger partial charge in [-0.15, -0.1) is 0 Å². The van der Waals surface area contributed by atoms with Crippen LogP contribution in [-0.4, -0.2) is 49.0 Å². The summed E-state index contributed by atoms with van der Waals surface area (Å²) in [5.41, 5.74) is 1.85. The fraction of sp³-hybridized carbons (Fsp3) is 0.833. The molecule has 4 unspecified atom stereocenters. The van der Waals surface area contributed by atoms with Gasteiger partial charge in [0.05, 0.1) is 31.8 Å². The van der Waals surface area contributed by atoms with E-state index in [4.69, 9.17) is 10.00 Å². The van der Waals surface area contributed by atoms with Crippen LogP contribution < -0.4 is 0 Å². The van der Waals surface area contributed by atoms with Gasteiger partial charge in [0, 0.05) is 12.6 Å². The molecule has 1 N–H and O–H groups in total. The van der Waals surface area contributed by atoms with Crippen LogP contribution >= 0.6 is 0 Å². The van der Waals surface area contributed by atoms with Crippen LogP contribution in [-0.2, 0) is 4.74 Å². The molecular formula is C18H30N2O2. The van der Waals surface area contributed by atoms with Crippen molar-refractivity contribution in [2.24, 2.45) is 17.3 Å². The zero-order valence-corrected chi connectivity index (χ0v) is 14.4. The molecule has 0 aliphatic heterocycles. The SMILES string of the molecule is CC(CC#N)N(C)CC(O)COCC1=CCC2CC1C2(C)C. The lowest BCUT2D eigenvalue weighted by Crippen LogP contribution is -2.48. The van der Waals surface area contributed by atoms with Gasteiger partial charge in [-0.1, -0.05) is 19.9 Å². The van der Waals surface area contributed by atoms with Gasteiger partial charge in [-0.2, -0.15) is 5.26 Å². The van der Waals surface area contributed by atoms with Crippen molar-refractivity contribution in [3.05, 3.63) is 11.6 Å². The number of fused-ring (bicyclic) bond motifs is 1. The third-order valence-electron chi connectivity index (χ3n) is 5.80. The molecule has 0 aromatic rings. The van der Waals surface area contributed by atoms with E-state index in [-0.39, 0.29) is 6.04 Å². The average molecular weight is 306 g/mol. The van der Waals surface area contributed by atoms with Gasteiger partial charge < -0.3 is 14.7 Å². The molecule has 0 radical (unpaired) electrons. The van der Waals surface area contributed by atoms with E-state index in [9.17, 15) is 5.11 Å². The van der Waals surface area contributed by atoms with E-state index < -0.39 is 6.10 Å². The molecule has 4 atom stereocenters. The number of hydrogen-bond donors (Lipinski definition) is 1. The molecule has 22 heavy (non-hydrogen) atoms. The standard InChI is InChI=1S/C18H30N2O2/c1-13(7-8-19)20(4)10-16(21)12-22-11-14-5-6-15-9-17(14)18(15,2)3/h5,13,15-17,21H,6-7,9-12H2,1-4H3. The molecule has 3 rings (SSSR count). The van der Waals surface area contributed by atoms with Gasteiger partial charge >= 0.3 is 0 Å². The zero-order chi connectivity index (χ0) is 16.3. The van der Waals surface area contributed by atoms with Crippen LogP contribution in [0.2, 0.25) is 0 Å². The maximum Gasteiger partial charge on any atom is 0.0900 e. The minimum atomic E-state index is -0.502. The molecule has 2 bridgehead atoms. The predicted molar refractivity (Wildman–Crippen MR) is 87.2 cm³/mol. The fourth-order valence-corrected chi connectivity index (χ4v) is 3.81. The summed E-state index contributed by atoms with van der Waals surface area (Å²) in [6.45, 7) is 8.27. The van der Waals surface area contributed by atoms with Crippen molar-refractivity contribution in [2.45, 2.75) is 52.2 Å². The molecule has 0 amide bonds. The van der Waals surface area contributed by atoms with Gasteiger partial charge in [-0.3, -0.25) is 0 Å². The minimum Gasteiger partial charge on any atom is -0.389 e. The van der Waals surface area contributed by atoms with E-state index in [2.05, 4.69) is 26.0 Å². The lowest BCUT2D eigenvalue weighted by atomic mass is 9.49. The first kappa shape index (κ1) is 17.5. The van der Waals surface area contributed by atoms with E-state index in [0.717, 1.165) is 5.92 Å². The number of nitrogens with zero attached hydrogens (tertiary/aromatic N) is 2. The first-order valence-electron chi connectivity index (χ1n) is 8.38. The Bertz CT molecular complexity index is 452. The van der Waals surface area contributed by atoms with Gasteiger partial charge in [0.15, 0.2) is 0 Å². The molecular weight excluding hydrogens is 276 g/mol. The Kier molecular flexibility index (Phi) is 5.65. The maximum atomic E-state index is 10.1. The number of ether oxygens (including phenoxy) is 1. The van der Waals surface area contributed by atoms with Crippen molar-refractivity contribution in [2.75, 3.05) is 26.8 Å². The number of allylic oxidation sites excluding steroid dienone is 1. The summed E-state index contributed by atoms with van der Waals surface area (Å²) in [4.78, 5) is 2.01. The molecule has 3 aliphatic rings. The van der Waals surface area contributed by atoms with Crippen LogP contribution in [0.25, 0.3) is 0 Å². The Morgan fingerprint density at radius 3 is 2.86 bits per heavy atom. The summed E-state index contributed by atoms with van der Waals surface area (Å²) in [7, 11) is 1.94. The quantitative estimate of drug-likeness (QED) is 0.700. The maximum absolute atomic E-state index is 10.1. The van der Waals surface area contributed by atoms with Gasteiger partial charge in [0.1, 0.15) is 0 Å². The van der Waals surface area contributed by atoms with Crippen molar-refractivity contribution < 1.29 is 9.84 Å². The second-order valence-corrected chi connectivity index (χ2v) is 7.64. The molecule has 1 fully saturated rings. The fourth-order valence-electron chi connectivity index (χ4n) is 3.81. The highest BCUT2D eigenvalue weighted by atomic mass is 16.5. The molecule has 0 spiro atoms. The number of hydrogen-bond acceptors (Lipinski definition) is 4. The number of aliphatic hydroxyl groups excluding tert-OH is 1. The molecule has 4 heteroatoms. The van der Waals surface area contributed by atoms with Crippen LogP contribution in [0.4, 0.5) is 0 Å². The molecule has 1 saturated carbocycles. The van der Waals surface area contributed by atoms with Crippen molar-refractivity contribution in [1.29, 1.82) is 5.26 Å². The lowest BCUT2D eigenvalue weighted by Gasteiger charge is -2.56. The third kappa shape index (κ3) is 3.71. The van der Waals surface area contributed by atoms with Crippen LogP contribution in [0.5, 0.6) is 0 Å². The first-order chi connectivity index (χ1) is 10.4. The highest BCUT2D eigenvalue weighted by Gasteiger charge is 2.50. The van der Waals surface area contributed by atoms with Gasteiger partial charge in [0.25, 0.3) is 0 Å². The molecule has 0 aromatic carbocycles. The average Bonchev–Trinajstić information content (AvgIpc) is 2.47. The number of likely N-dealkylation sites (N-methyl/N-ethyl adjacent to an activating group) is 1. The Morgan fingerprint density at radius 2 is 2.27 bits per heavy atom. The monoisotopic (exact) mass is 306 g/mol. The highest BCUT2D eigenvalue weighted by molar-refractivity contribution is 5.23. The van der Waals surface area contributed by atoms with Crippen molar-refractivity contribution in [3.8, 4) is 6.07 Å². The van der Waals surface area contributed by atoms with Crippen molar-refractivity contribution >= 4 is 0 Å². The summed E-state index contributed by atoms with van der Waals surface area (Å²) in [5.74, 6) is 1.52. The Hall–Kier alpha value is -0.890. The summed E-state index contributed by atoms with van der Waals surface area (Å²) in [6, 6.07) is 2.32. The van der Waals surface area contributed by atoms with E-state index in [0.29, 0.717) is 37.5 Å². The van der Waals surface area contributed by atoms with Crippen molar-refractivity contribution in [3.63, 3.8) is 0 Å². The smallest absolute Gasteiger partial charge is 0.0900 e. The van der Waals surface area contributed by atoms with E-state index in [1.165, 1.54) is 18.4 Å². The van der Waals surface area contributed by atoms with Crippen LogP contribution in [0.3, 0.4) is 0 Å². The molecule has 124 valence electrons. The lowest BCUT2D eigenvalue weighted by molar-refractivity contribution is -0.0263. The van der Waals surface area contributed by atoms with Gasteiger partial charge in [-0.05, 0) is 49.6 Å². The number of nitriles is 1. The molecule has 3 aliphatic carbocycles. The normalized spacial score (nSPS) is 28.5. The Morgan fingerprint density at radius 1 is 1.55 bits per heavy atom. The second kappa shape index (κ2) is 7.12. The topological polar surface area (TPSA) is 56.5 Å². The minimum absolute atomic E-state index is 0.161. The third-order valence-corrected chi connectivity index (χ3v) is 5.80. The summed E-state index contributed by atoms with van der Waals surface area (Å²) >= 11 is 0. The van der Waals surface area contributed by atoms with Gasteiger partial charge in [-0.25, -0.2) is 0 Å². The Balaban J connectivity index is 1.69. The summed E-state index contributed by atoms with van der Waals surface area (Å²) in [6.07, 6.45) is 4.81. The highest BCUT2D eigenvalue weighted by Crippen LogP contribution is 2.59. The second-order valence-electron chi connectivity index (χ2n) is 7.64. The summed E-state index contributed by atoms with van der Waals surface area (Å²) < 4.78 is 5.75. The molecule has 0 heterocycles. The van der Waals surface area contributed by atoms with E-state index >= 15 is 0 Å².